The van der Waals surface area contributed by atoms with Crippen LogP contribution in [0.15, 0.2) is 0 Å². The van der Waals surface area contributed by atoms with E-state index in [0.717, 1.165) is 19.1 Å². The predicted molar refractivity (Wildman–Crippen MR) is 84.7 cm³/mol. The summed E-state index contributed by atoms with van der Waals surface area (Å²) in [6.45, 7) is 13.9. The van der Waals surface area contributed by atoms with Crippen LogP contribution in [0.5, 0.6) is 0 Å². The number of hydrogen-bond acceptors (Lipinski definition) is 3. The summed E-state index contributed by atoms with van der Waals surface area (Å²) in [6, 6.07) is 2.10. The molecule has 1 saturated heterocycles. The second-order valence-corrected chi connectivity index (χ2v) is 6.59. The van der Waals surface area contributed by atoms with Gasteiger partial charge in [0.15, 0.2) is 0 Å². The van der Waals surface area contributed by atoms with Crippen molar-refractivity contribution < 1.29 is 0 Å². The lowest BCUT2D eigenvalue weighted by Gasteiger charge is -2.33. The molecule has 19 heavy (non-hydrogen) atoms. The maximum absolute atomic E-state index is 3.63. The second-order valence-electron chi connectivity index (χ2n) is 6.59. The van der Waals surface area contributed by atoms with Crippen LogP contribution in [0.3, 0.4) is 0 Å². The van der Waals surface area contributed by atoms with Gasteiger partial charge >= 0.3 is 0 Å². The molecule has 1 aliphatic rings. The Morgan fingerprint density at radius 3 is 2.37 bits per heavy atom. The summed E-state index contributed by atoms with van der Waals surface area (Å²) in [4.78, 5) is 5.10. The molecular weight excluding hydrogens is 234 g/mol. The molecule has 114 valence electrons. The largest absolute Gasteiger partial charge is 0.315 e. The van der Waals surface area contributed by atoms with Crippen LogP contribution in [0.25, 0.3) is 0 Å². The van der Waals surface area contributed by atoms with Crippen LogP contribution in [-0.2, 0) is 0 Å². The van der Waals surface area contributed by atoms with Crippen LogP contribution >= 0.6 is 0 Å². The molecule has 1 rings (SSSR count). The molecule has 0 aromatic heterocycles. The smallest absolute Gasteiger partial charge is 0.0112 e. The first-order valence-corrected chi connectivity index (χ1v) is 8.19. The molecule has 1 atom stereocenters. The third kappa shape index (κ3) is 6.24. The van der Waals surface area contributed by atoms with Crippen molar-refractivity contribution in [2.45, 2.75) is 71.5 Å². The summed E-state index contributed by atoms with van der Waals surface area (Å²) in [6.07, 6.45) is 5.50. The van der Waals surface area contributed by atoms with Crippen molar-refractivity contribution in [3.63, 3.8) is 0 Å². The molecule has 0 spiro atoms. The maximum Gasteiger partial charge on any atom is 0.0112 e. The van der Waals surface area contributed by atoms with Crippen molar-refractivity contribution in [3.05, 3.63) is 0 Å². The highest BCUT2D eigenvalue weighted by molar-refractivity contribution is 4.75. The zero-order chi connectivity index (χ0) is 14.3. The SMILES string of the molecule is CC(C)N(CCNCCC1CCCCN1C)C(C)C. The van der Waals surface area contributed by atoms with Crippen molar-refractivity contribution in [2.24, 2.45) is 0 Å². The van der Waals surface area contributed by atoms with Crippen molar-refractivity contribution in [2.75, 3.05) is 33.2 Å². The van der Waals surface area contributed by atoms with Gasteiger partial charge in [-0.3, -0.25) is 4.90 Å². The van der Waals surface area contributed by atoms with Crippen LogP contribution in [0.1, 0.15) is 53.4 Å². The van der Waals surface area contributed by atoms with Crippen molar-refractivity contribution >= 4 is 0 Å². The zero-order valence-electron chi connectivity index (χ0n) is 13.8. The molecule has 1 N–H and O–H groups in total. The van der Waals surface area contributed by atoms with E-state index in [1.165, 1.54) is 38.8 Å². The molecule has 0 bridgehead atoms. The molecule has 3 nitrogen and oxygen atoms in total. The van der Waals surface area contributed by atoms with E-state index in [4.69, 9.17) is 0 Å². The van der Waals surface area contributed by atoms with E-state index >= 15 is 0 Å². The van der Waals surface area contributed by atoms with Gasteiger partial charge in [-0.2, -0.15) is 0 Å². The minimum Gasteiger partial charge on any atom is -0.315 e. The average molecular weight is 269 g/mol. The van der Waals surface area contributed by atoms with Gasteiger partial charge < -0.3 is 10.2 Å². The van der Waals surface area contributed by atoms with Crippen LogP contribution < -0.4 is 5.32 Å². The predicted octanol–water partition coefficient (Wildman–Crippen LogP) is 2.57. The Kier molecular flexibility index (Phi) is 7.96. The van der Waals surface area contributed by atoms with Crippen LogP contribution in [0.2, 0.25) is 0 Å². The fourth-order valence-electron chi connectivity index (χ4n) is 3.22. The number of hydrogen-bond donors (Lipinski definition) is 1. The van der Waals surface area contributed by atoms with E-state index < -0.39 is 0 Å². The van der Waals surface area contributed by atoms with E-state index in [0.29, 0.717) is 12.1 Å². The molecular formula is C16H35N3. The highest BCUT2D eigenvalue weighted by atomic mass is 15.2. The Morgan fingerprint density at radius 2 is 1.79 bits per heavy atom. The first-order valence-electron chi connectivity index (χ1n) is 8.19. The highest BCUT2D eigenvalue weighted by Gasteiger charge is 2.18. The summed E-state index contributed by atoms with van der Waals surface area (Å²) >= 11 is 0. The van der Waals surface area contributed by atoms with Gasteiger partial charge in [0.2, 0.25) is 0 Å². The Balaban J connectivity index is 2.10. The molecule has 1 aliphatic heterocycles. The number of rotatable bonds is 8. The lowest BCUT2D eigenvalue weighted by molar-refractivity contribution is 0.166. The highest BCUT2D eigenvalue weighted by Crippen LogP contribution is 2.16. The van der Waals surface area contributed by atoms with E-state index in [1.807, 2.05) is 0 Å². The number of likely N-dealkylation sites (tertiary alicyclic amines) is 1. The number of nitrogens with one attached hydrogen (secondary N) is 1. The fourth-order valence-corrected chi connectivity index (χ4v) is 3.22. The average Bonchev–Trinajstić information content (AvgIpc) is 2.34. The van der Waals surface area contributed by atoms with Gasteiger partial charge in [-0.25, -0.2) is 0 Å². The number of piperidine rings is 1. The molecule has 3 heteroatoms. The first-order chi connectivity index (χ1) is 9.02. The quantitative estimate of drug-likeness (QED) is 0.683. The third-order valence-corrected chi connectivity index (χ3v) is 4.45. The number of nitrogens with zero attached hydrogens (tertiary/aromatic N) is 2. The molecule has 1 heterocycles. The van der Waals surface area contributed by atoms with Gasteiger partial charge in [-0.1, -0.05) is 6.42 Å². The van der Waals surface area contributed by atoms with E-state index in [1.54, 1.807) is 0 Å². The van der Waals surface area contributed by atoms with Gasteiger partial charge in [0, 0.05) is 31.2 Å². The lowest BCUT2D eigenvalue weighted by Crippen LogP contribution is -2.42. The molecule has 0 radical (unpaired) electrons. The minimum atomic E-state index is 0.645. The summed E-state index contributed by atoms with van der Waals surface area (Å²) in [7, 11) is 2.28. The monoisotopic (exact) mass is 269 g/mol. The van der Waals surface area contributed by atoms with Gasteiger partial charge in [0.25, 0.3) is 0 Å². The van der Waals surface area contributed by atoms with Crippen molar-refractivity contribution in [1.82, 2.24) is 15.1 Å². The lowest BCUT2D eigenvalue weighted by atomic mass is 10.0. The Bertz CT molecular complexity index is 220. The molecule has 0 saturated carbocycles. The zero-order valence-corrected chi connectivity index (χ0v) is 13.8. The van der Waals surface area contributed by atoms with Gasteiger partial charge in [0.05, 0.1) is 0 Å². The summed E-state index contributed by atoms with van der Waals surface area (Å²) < 4.78 is 0. The molecule has 0 aliphatic carbocycles. The first kappa shape index (κ1) is 16.9. The van der Waals surface area contributed by atoms with E-state index in [9.17, 15) is 0 Å². The summed E-state index contributed by atoms with van der Waals surface area (Å²) in [5.74, 6) is 0. The summed E-state index contributed by atoms with van der Waals surface area (Å²) in [5.41, 5.74) is 0. The molecule has 0 aromatic carbocycles. The van der Waals surface area contributed by atoms with Gasteiger partial charge in [-0.15, -0.1) is 0 Å². The normalized spacial score (nSPS) is 21.8. The standard InChI is InChI=1S/C16H35N3/c1-14(2)19(15(3)4)13-11-17-10-9-16-8-6-7-12-18(16)5/h14-17H,6-13H2,1-5H3. The third-order valence-electron chi connectivity index (χ3n) is 4.45. The molecule has 1 unspecified atom stereocenters. The van der Waals surface area contributed by atoms with Crippen LogP contribution in [0.4, 0.5) is 0 Å². The Hall–Kier alpha value is -0.120. The van der Waals surface area contributed by atoms with Gasteiger partial charge in [0.1, 0.15) is 0 Å². The Morgan fingerprint density at radius 1 is 1.11 bits per heavy atom. The Labute approximate surface area is 120 Å². The summed E-state index contributed by atoms with van der Waals surface area (Å²) in [5, 5.41) is 3.63. The molecule has 0 amide bonds. The minimum absolute atomic E-state index is 0.645. The van der Waals surface area contributed by atoms with Crippen LogP contribution in [-0.4, -0.2) is 61.2 Å². The van der Waals surface area contributed by atoms with E-state index in [-0.39, 0.29) is 0 Å². The fraction of sp³-hybridized carbons (Fsp3) is 1.00. The van der Waals surface area contributed by atoms with Crippen molar-refractivity contribution in [1.29, 1.82) is 0 Å². The van der Waals surface area contributed by atoms with E-state index in [2.05, 4.69) is 49.9 Å². The maximum atomic E-state index is 3.63. The van der Waals surface area contributed by atoms with Crippen molar-refractivity contribution in [3.8, 4) is 0 Å². The van der Waals surface area contributed by atoms with Crippen LogP contribution in [0, 0.1) is 0 Å². The second kappa shape index (κ2) is 8.93. The molecule has 0 aromatic rings. The van der Waals surface area contributed by atoms with Gasteiger partial charge in [-0.05, 0) is 67.1 Å². The topological polar surface area (TPSA) is 18.5 Å². The molecule has 1 fully saturated rings.